The highest BCUT2D eigenvalue weighted by Crippen LogP contribution is 2.16. The molecule has 0 radical (unpaired) electrons. The first-order valence-electron chi connectivity index (χ1n) is 6.64. The summed E-state index contributed by atoms with van der Waals surface area (Å²) in [7, 11) is 3.74. The minimum Gasteiger partial charge on any atom is -0.333 e. The average Bonchev–Trinajstić information content (AvgIpc) is 3.04. The molecule has 0 unspecified atom stereocenters. The molecule has 0 aliphatic heterocycles. The SMILES string of the molecule is Cc1nc(C(=O)N(C)Cc2nc3ccccc3n2C)cs1. The lowest BCUT2D eigenvalue weighted by Crippen LogP contribution is -2.27. The number of hydrogen-bond acceptors (Lipinski definition) is 4. The van der Waals surface area contributed by atoms with E-state index in [1.165, 1.54) is 11.3 Å². The normalized spacial score (nSPS) is 11.0. The van der Waals surface area contributed by atoms with Crippen LogP contribution in [0.5, 0.6) is 0 Å². The van der Waals surface area contributed by atoms with Crippen LogP contribution < -0.4 is 0 Å². The van der Waals surface area contributed by atoms with Crippen LogP contribution in [0.15, 0.2) is 29.6 Å². The molecule has 0 bridgehead atoms. The number of thiazole rings is 1. The fourth-order valence-corrected chi connectivity index (χ4v) is 2.86. The molecule has 2 aromatic heterocycles. The Bertz CT molecular complexity index is 805. The molecule has 5 nitrogen and oxygen atoms in total. The molecule has 1 aromatic carbocycles. The molecular formula is C15H16N4OS. The summed E-state index contributed by atoms with van der Waals surface area (Å²) < 4.78 is 2.02. The van der Waals surface area contributed by atoms with Crippen LogP contribution in [0.2, 0.25) is 0 Å². The molecule has 0 atom stereocenters. The molecule has 3 rings (SSSR count). The quantitative estimate of drug-likeness (QED) is 0.747. The molecule has 0 spiro atoms. The van der Waals surface area contributed by atoms with Crippen LogP contribution in [0.1, 0.15) is 21.3 Å². The van der Waals surface area contributed by atoms with Gasteiger partial charge in [0.05, 0.1) is 22.6 Å². The third-order valence-electron chi connectivity index (χ3n) is 3.44. The number of imidazole rings is 1. The van der Waals surface area contributed by atoms with E-state index >= 15 is 0 Å². The molecule has 1 amide bonds. The molecule has 0 aliphatic rings. The zero-order valence-electron chi connectivity index (χ0n) is 12.2. The molecule has 3 aromatic rings. The second-order valence-electron chi connectivity index (χ2n) is 4.99. The van der Waals surface area contributed by atoms with Crippen molar-refractivity contribution < 1.29 is 4.79 Å². The first-order chi connectivity index (χ1) is 10.1. The molecular weight excluding hydrogens is 284 g/mol. The van der Waals surface area contributed by atoms with E-state index in [9.17, 15) is 4.79 Å². The number of aromatic nitrogens is 3. The molecule has 2 heterocycles. The Labute approximate surface area is 126 Å². The number of aryl methyl sites for hydroxylation is 2. The van der Waals surface area contributed by atoms with E-state index in [0.29, 0.717) is 12.2 Å². The number of hydrogen-bond donors (Lipinski definition) is 0. The number of para-hydroxylation sites is 2. The minimum atomic E-state index is -0.0774. The lowest BCUT2D eigenvalue weighted by atomic mass is 10.3. The lowest BCUT2D eigenvalue weighted by molar-refractivity contribution is 0.0775. The second kappa shape index (κ2) is 5.29. The van der Waals surface area contributed by atoms with Gasteiger partial charge in [-0.1, -0.05) is 12.1 Å². The number of nitrogens with zero attached hydrogens (tertiary/aromatic N) is 4. The zero-order chi connectivity index (χ0) is 15.0. The van der Waals surface area contributed by atoms with Crippen molar-refractivity contribution in [2.45, 2.75) is 13.5 Å². The summed E-state index contributed by atoms with van der Waals surface area (Å²) >= 11 is 1.48. The Balaban J connectivity index is 1.84. The second-order valence-corrected chi connectivity index (χ2v) is 6.05. The van der Waals surface area contributed by atoms with Crippen LogP contribution >= 0.6 is 11.3 Å². The van der Waals surface area contributed by atoms with Crippen molar-refractivity contribution in [1.29, 1.82) is 0 Å². The third kappa shape index (κ3) is 2.54. The van der Waals surface area contributed by atoms with Gasteiger partial charge in [0.15, 0.2) is 0 Å². The summed E-state index contributed by atoms with van der Waals surface area (Å²) in [6.45, 7) is 2.35. The highest BCUT2D eigenvalue weighted by Gasteiger charge is 2.17. The van der Waals surface area contributed by atoms with Crippen molar-refractivity contribution in [3.05, 3.63) is 46.2 Å². The Morgan fingerprint density at radius 1 is 1.33 bits per heavy atom. The molecule has 6 heteroatoms. The standard InChI is InChI=1S/C15H16N4OS/c1-10-16-12(9-21-10)15(20)18(2)8-14-17-11-6-4-5-7-13(11)19(14)3/h4-7,9H,8H2,1-3H3. The molecule has 0 aliphatic carbocycles. The van der Waals surface area contributed by atoms with Crippen molar-refractivity contribution in [2.75, 3.05) is 7.05 Å². The van der Waals surface area contributed by atoms with Crippen molar-refractivity contribution in [3.63, 3.8) is 0 Å². The highest BCUT2D eigenvalue weighted by atomic mass is 32.1. The number of fused-ring (bicyclic) bond motifs is 1. The summed E-state index contributed by atoms with van der Waals surface area (Å²) in [5, 5.41) is 2.69. The third-order valence-corrected chi connectivity index (χ3v) is 4.22. The van der Waals surface area contributed by atoms with Gasteiger partial charge in [0.1, 0.15) is 11.5 Å². The number of amides is 1. The largest absolute Gasteiger partial charge is 0.333 e. The van der Waals surface area contributed by atoms with Crippen LogP contribution in [0.25, 0.3) is 11.0 Å². The average molecular weight is 300 g/mol. The Morgan fingerprint density at radius 2 is 2.10 bits per heavy atom. The maximum Gasteiger partial charge on any atom is 0.273 e. The van der Waals surface area contributed by atoms with Gasteiger partial charge in [-0.3, -0.25) is 4.79 Å². The maximum atomic E-state index is 12.3. The van der Waals surface area contributed by atoms with E-state index in [-0.39, 0.29) is 5.91 Å². The predicted octanol–water partition coefficient (Wildman–Crippen LogP) is 2.61. The van der Waals surface area contributed by atoms with Crippen molar-refractivity contribution in [1.82, 2.24) is 19.4 Å². The Hall–Kier alpha value is -2.21. The van der Waals surface area contributed by atoms with E-state index in [1.807, 2.05) is 42.8 Å². The van der Waals surface area contributed by atoms with E-state index in [2.05, 4.69) is 9.97 Å². The Morgan fingerprint density at radius 3 is 2.76 bits per heavy atom. The van der Waals surface area contributed by atoms with Crippen molar-refractivity contribution in [2.24, 2.45) is 7.05 Å². The van der Waals surface area contributed by atoms with Gasteiger partial charge >= 0.3 is 0 Å². The molecule has 0 N–H and O–H groups in total. The molecule has 0 saturated carbocycles. The monoisotopic (exact) mass is 300 g/mol. The molecule has 0 saturated heterocycles. The summed E-state index contributed by atoms with van der Waals surface area (Å²) in [6, 6.07) is 7.95. The fraction of sp³-hybridized carbons (Fsp3) is 0.267. The summed E-state index contributed by atoms with van der Waals surface area (Å²) in [6.07, 6.45) is 0. The smallest absolute Gasteiger partial charge is 0.273 e. The maximum absolute atomic E-state index is 12.3. The van der Waals surface area contributed by atoms with Gasteiger partial charge < -0.3 is 9.47 Å². The number of benzene rings is 1. The first kappa shape index (κ1) is 13.8. The summed E-state index contributed by atoms with van der Waals surface area (Å²) in [4.78, 5) is 22.8. The van der Waals surface area contributed by atoms with E-state index < -0.39 is 0 Å². The molecule has 0 fully saturated rings. The molecule has 108 valence electrons. The summed E-state index contributed by atoms with van der Waals surface area (Å²) in [5.74, 6) is 0.783. The predicted molar refractivity (Wildman–Crippen MR) is 83.4 cm³/mol. The number of rotatable bonds is 3. The highest BCUT2D eigenvalue weighted by molar-refractivity contribution is 7.09. The van der Waals surface area contributed by atoms with Gasteiger partial charge in [0.2, 0.25) is 0 Å². The topological polar surface area (TPSA) is 51.0 Å². The Kier molecular flexibility index (Phi) is 3.47. The zero-order valence-corrected chi connectivity index (χ0v) is 13.0. The van der Waals surface area contributed by atoms with Gasteiger partial charge in [0, 0.05) is 19.5 Å². The van der Waals surface area contributed by atoms with Gasteiger partial charge in [0.25, 0.3) is 5.91 Å². The van der Waals surface area contributed by atoms with Crippen LogP contribution in [-0.2, 0) is 13.6 Å². The van der Waals surface area contributed by atoms with E-state index in [1.54, 1.807) is 17.3 Å². The fourth-order valence-electron chi connectivity index (χ4n) is 2.28. The van der Waals surface area contributed by atoms with Crippen molar-refractivity contribution >= 4 is 28.3 Å². The lowest BCUT2D eigenvalue weighted by Gasteiger charge is -2.15. The van der Waals surface area contributed by atoms with Crippen LogP contribution in [0, 0.1) is 6.92 Å². The molecule has 21 heavy (non-hydrogen) atoms. The van der Waals surface area contributed by atoms with Crippen LogP contribution in [0.3, 0.4) is 0 Å². The summed E-state index contributed by atoms with van der Waals surface area (Å²) in [5.41, 5.74) is 2.51. The number of carbonyl (C=O) groups is 1. The minimum absolute atomic E-state index is 0.0774. The van der Waals surface area contributed by atoms with Gasteiger partial charge in [-0.05, 0) is 19.1 Å². The van der Waals surface area contributed by atoms with Crippen LogP contribution in [-0.4, -0.2) is 32.4 Å². The van der Waals surface area contributed by atoms with E-state index in [0.717, 1.165) is 21.9 Å². The van der Waals surface area contributed by atoms with E-state index in [4.69, 9.17) is 0 Å². The first-order valence-corrected chi connectivity index (χ1v) is 7.52. The van der Waals surface area contributed by atoms with Gasteiger partial charge in [-0.15, -0.1) is 11.3 Å². The van der Waals surface area contributed by atoms with Crippen LogP contribution in [0.4, 0.5) is 0 Å². The number of carbonyl (C=O) groups excluding carboxylic acids is 1. The van der Waals surface area contributed by atoms with Crippen molar-refractivity contribution in [3.8, 4) is 0 Å². The van der Waals surface area contributed by atoms with Gasteiger partial charge in [-0.2, -0.15) is 0 Å². The van der Waals surface area contributed by atoms with Gasteiger partial charge in [-0.25, -0.2) is 9.97 Å².